The van der Waals surface area contributed by atoms with E-state index in [1.54, 1.807) is 4.90 Å². The molecule has 0 radical (unpaired) electrons. The Bertz CT molecular complexity index is 545. The first-order valence-electron chi connectivity index (χ1n) is 8.14. The Labute approximate surface area is 136 Å². The number of morpholine rings is 1. The molecule has 1 aliphatic heterocycles. The molecule has 1 aliphatic rings. The summed E-state index contributed by atoms with van der Waals surface area (Å²) < 4.78 is 5.64. The zero-order valence-corrected chi connectivity index (χ0v) is 14.3. The van der Waals surface area contributed by atoms with Gasteiger partial charge in [-0.25, -0.2) is 4.98 Å². The highest BCUT2D eigenvalue weighted by Crippen LogP contribution is 2.15. The molecule has 128 valence electrons. The lowest BCUT2D eigenvalue weighted by molar-refractivity contribution is -0.0587. The summed E-state index contributed by atoms with van der Waals surface area (Å²) in [6, 6.07) is 0. The average Bonchev–Trinajstić information content (AvgIpc) is 2.94. The Morgan fingerprint density at radius 3 is 2.65 bits per heavy atom. The molecular formula is C16H26N4O3. The topological polar surface area (TPSA) is 87.3 Å². The Kier molecular flexibility index (Phi) is 5.76. The van der Waals surface area contributed by atoms with E-state index in [0.29, 0.717) is 25.6 Å². The van der Waals surface area contributed by atoms with Crippen molar-refractivity contribution in [3.05, 3.63) is 17.7 Å². The summed E-state index contributed by atoms with van der Waals surface area (Å²) in [5.41, 5.74) is 0.402. The normalized spacial score (nSPS) is 21.5. The Morgan fingerprint density at radius 2 is 2.04 bits per heavy atom. The zero-order chi connectivity index (χ0) is 17.0. The second-order valence-corrected chi connectivity index (χ2v) is 6.53. The number of amides is 2. The molecule has 1 aromatic heterocycles. The number of imidazole rings is 1. The molecule has 2 amide bonds. The second-order valence-electron chi connectivity index (χ2n) is 6.53. The summed E-state index contributed by atoms with van der Waals surface area (Å²) in [5, 5.41) is 2.82. The molecule has 23 heavy (non-hydrogen) atoms. The van der Waals surface area contributed by atoms with E-state index in [1.807, 2.05) is 13.8 Å². The van der Waals surface area contributed by atoms with Gasteiger partial charge in [0.15, 0.2) is 5.69 Å². The van der Waals surface area contributed by atoms with Crippen molar-refractivity contribution in [3.8, 4) is 0 Å². The van der Waals surface area contributed by atoms with E-state index in [0.717, 1.165) is 6.42 Å². The largest absolute Gasteiger partial charge is 0.372 e. The third kappa shape index (κ3) is 4.54. The number of nitrogens with one attached hydrogen (secondary N) is 2. The van der Waals surface area contributed by atoms with Crippen molar-refractivity contribution in [3.63, 3.8) is 0 Å². The van der Waals surface area contributed by atoms with E-state index in [2.05, 4.69) is 29.1 Å². The minimum atomic E-state index is -0.315. The smallest absolute Gasteiger partial charge is 0.272 e. The number of rotatable bonds is 5. The standard InChI is InChI=1S/C16H26N4O3/c1-10(2)5-6-17-15(21)13-14(19-9-18-13)16(22)20-7-11(3)23-12(4)8-20/h9-12H,5-8H2,1-4H3,(H,17,21)(H,18,19)/t11-,12+. The predicted octanol–water partition coefficient (Wildman–Crippen LogP) is 1.44. The van der Waals surface area contributed by atoms with E-state index in [-0.39, 0.29) is 35.4 Å². The van der Waals surface area contributed by atoms with Crippen LogP contribution in [0.1, 0.15) is 55.1 Å². The lowest BCUT2D eigenvalue weighted by Gasteiger charge is -2.35. The molecule has 0 aromatic carbocycles. The maximum atomic E-state index is 12.7. The Hall–Kier alpha value is -1.89. The highest BCUT2D eigenvalue weighted by Gasteiger charge is 2.30. The molecule has 1 aromatic rings. The van der Waals surface area contributed by atoms with Gasteiger partial charge in [0.1, 0.15) is 5.69 Å². The molecule has 2 N–H and O–H groups in total. The van der Waals surface area contributed by atoms with Crippen LogP contribution in [0.5, 0.6) is 0 Å². The van der Waals surface area contributed by atoms with Crippen LogP contribution in [0, 0.1) is 5.92 Å². The summed E-state index contributed by atoms with van der Waals surface area (Å²) in [6.45, 7) is 9.65. The van der Waals surface area contributed by atoms with E-state index in [1.165, 1.54) is 6.33 Å². The minimum Gasteiger partial charge on any atom is -0.372 e. The summed E-state index contributed by atoms with van der Waals surface area (Å²) in [6.07, 6.45) is 2.23. The van der Waals surface area contributed by atoms with Crippen LogP contribution in [-0.2, 0) is 4.74 Å². The molecular weight excluding hydrogens is 296 g/mol. The van der Waals surface area contributed by atoms with Crippen molar-refractivity contribution in [2.45, 2.75) is 46.3 Å². The molecule has 0 bridgehead atoms. The van der Waals surface area contributed by atoms with Crippen LogP contribution in [0.15, 0.2) is 6.33 Å². The molecule has 2 rings (SSSR count). The van der Waals surface area contributed by atoms with E-state index < -0.39 is 0 Å². The number of hydrogen-bond acceptors (Lipinski definition) is 4. The third-order valence-corrected chi connectivity index (χ3v) is 3.78. The van der Waals surface area contributed by atoms with E-state index in [9.17, 15) is 9.59 Å². The van der Waals surface area contributed by atoms with Gasteiger partial charge in [-0.15, -0.1) is 0 Å². The van der Waals surface area contributed by atoms with Gasteiger partial charge in [0.2, 0.25) is 0 Å². The van der Waals surface area contributed by atoms with Crippen LogP contribution >= 0.6 is 0 Å². The van der Waals surface area contributed by atoms with Crippen LogP contribution < -0.4 is 5.32 Å². The first kappa shape index (κ1) is 17.5. The van der Waals surface area contributed by atoms with Gasteiger partial charge in [-0.05, 0) is 26.2 Å². The fourth-order valence-corrected chi connectivity index (χ4v) is 2.69. The second kappa shape index (κ2) is 7.59. The van der Waals surface area contributed by atoms with Gasteiger partial charge in [0, 0.05) is 19.6 Å². The van der Waals surface area contributed by atoms with Crippen molar-refractivity contribution in [2.24, 2.45) is 5.92 Å². The molecule has 1 saturated heterocycles. The number of hydrogen-bond donors (Lipinski definition) is 2. The number of aromatic amines is 1. The van der Waals surface area contributed by atoms with Gasteiger partial charge in [-0.2, -0.15) is 0 Å². The monoisotopic (exact) mass is 322 g/mol. The van der Waals surface area contributed by atoms with Gasteiger partial charge >= 0.3 is 0 Å². The van der Waals surface area contributed by atoms with Gasteiger partial charge in [-0.3, -0.25) is 9.59 Å². The van der Waals surface area contributed by atoms with E-state index >= 15 is 0 Å². The summed E-state index contributed by atoms with van der Waals surface area (Å²) in [4.78, 5) is 33.4. The minimum absolute atomic E-state index is 0.0195. The molecule has 7 heteroatoms. The maximum Gasteiger partial charge on any atom is 0.272 e. The number of nitrogens with zero attached hydrogens (tertiary/aromatic N) is 2. The fraction of sp³-hybridized carbons (Fsp3) is 0.688. The molecule has 0 unspecified atom stereocenters. The number of ether oxygens (including phenoxy) is 1. The molecule has 0 spiro atoms. The first-order valence-corrected chi connectivity index (χ1v) is 8.14. The first-order chi connectivity index (χ1) is 10.9. The zero-order valence-electron chi connectivity index (χ0n) is 14.3. The number of H-pyrrole nitrogens is 1. The predicted molar refractivity (Wildman–Crippen MR) is 86.3 cm³/mol. The van der Waals surface area contributed by atoms with Gasteiger partial charge < -0.3 is 19.9 Å². The Balaban J connectivity index is 2.04. The molecule has 2 atom stereocenters. The summed E-state index contributed by atoms with van der Waals surface area (Å²) >= 11 is 0. The van der Waals surface area contributed by atoms with E-state index in [4.69, 9.17) is 4.74 Å². The maximum absolute atomic E-state index is 12.7. The number of carbonyl (C=O) groups excluding carboxylic acids is 2. The van der Waals surface area contributed by atoms with Gasteiger partial charge in [-0.1, -0.05) is 13.8 Å². The summed E-state index contributed by atoms with van der Waals surface area (Å²) in [5.74, 6) is -0.0185. The molecule has 0 saturated carbocycles. The highest BCUT2D eigenvalue weighted by atomic mass is 16.5. The van der Waals surface area contributed by atoms with Crippen LogP contribution in [-0.4, -0.2) is 58.5 Å². The van der Waals surface area contributed by atoms with Crippen LogP contribution in [0.4, 0.5) is 0 Å². The third-order valence-electron chi connectivity index (χ3n) is 3.78. The average molecular weight is 322 g/mol. The summed E-state index contributed by atoms with van der Waals surface area (Å²) in [7, 11) is 0. The number of carbonyl (C=O) groups is 2. The molecule has 1 fully saturated rings. The van der Waals surface area contributed by atoms with Crippen LogP contribution in [0.2, 0.25) is 0 Å². The molecule has 7 nitrogen and oxygen atoms in total. The van der Waals surface area contributed by atoms with Crippen molar-refractivity contribution in [1.29, 1.82) is 0 Å². The van der Waals surface area contributed by atoms with Gasteiger partial charge in [0.25, 0.3) is 11.8 Å². The number of aromatic nitrogens is 2. The van der Waals surface area contributed by atoms with Crippen molar-refractivity contribution < 1.29 is 14.3 Å². The van der Waals surface area contributed by atoms with Crippen molar-refractivity contribution in [1.82, 2.24) is 20.2 Å². The van der Waals surface area contributed by atoms with Crippen LogP contribution in [0.3, 0.4) is 0 Å². The quantitative estimate of drug-likeness (QED) is 0.858. The van der Waals surface area contributed by atoms with Gasteiger partial charge in [0.05, 0.1) is 18.5 Å². The molecule has 2 heterocycles. The SMILES string of the molecule is CC(C)CCNC(=O)c1nc[nH]c1C(=O)N1C[C@@H](C)O[C@@H](C)C1. The van der Waals surface area contributed by atoms with Crippen molar-refractivity contribution in [2.75, 3.05) is 19.6 Å². The highest BCUT2D eigenvalue weighted by molar-refractivity contribution is 6.04. The fourth-order valence-electron chi connectivity index (χ4n) is 2.69. The lowest BCUT2D eigenvalue weighted by atomic mass is 10.1. The Morgan fingerprint density at radius 1 is 1.39 bits per heavy atom. The lowest BCUT2D eigenvalue weighted by Crippen LogP contribution is -2.48. The van der Waals surface area contributed by atoms with Crippen LogP contribution in [0.25, 0.3) is 0 Å². The molecule has 0 aliphatic carbocycles. The van der Waals surface area contributed by atoms with Crippen molar-refractivity contribution >= 4 is 11.8 Å².